The molecule has 4 nitrogen and oxygen atoms in total. The lowest BCUT2D eigenvalue weighted by Gasteiger charge is -2.23. The van der Waals surface area contributed by atoms with Gasteiger partial charge in [-0.15, -0.1) is 11.8 Å². The molecule has 6 heteroatoms. The zero-order valence-electron chi connectivity index (χ0n) is 12.1. The van der Waals surface area contributed by atoms with Crippen LogP contribution < -0.4 is 10.6 Å². The third kappa shape index (κ3) is 3.71. The minimum atomic E-state index is 0.152. The molecule has 2 aromatic rings. The molecule has 1 heterocycles. The van der Waals surface area contributed by atoms with Crippen LogP contribution in [0.4, 0.5) is 5.69 Å². The number of thiophene rings is 1. The molecule has 1 aromatic carbocycles. The van der Waals surface area contributed by atoms with E-state index in [1.54, 1.807) is 23.1 Å². The Labute approximate surface area is 133 Å². The zero-order chi connectivity index (χ0) is 15.2. The van der Waals surface area contributed by atoms with Crippen molar-refractivity contribution in [2.75, 3.05) is 17.7 Å². The van der Waals surface area contributed by atoms with Crippen LogP contribution in [0.1, 0.15) is 18.1 Å². The van der Waals surface area contributed by atoms with E-state index in [4.69, 9.17) is 10.9 Å². The molecule has 1 aromatic heterocycles. The maximum absolute atomic E-state index is 9.08. The Balaban J connectivity index is 2.39. The maximum atomic E-state index is 9.08. The molecule has 3 N–H and O–H groups in total. The molecule has 112 valence electrons. The van der Waals surface area contributed by atoms with E-state index in [1.165, 1.54) is 5.56 Å². The van der Waals surface area contributed by atoms with Crippen molar-refractivity contribution in [2.24, 2.45) is 10.9 Å². The molecule has 0 aliphatic carbocycles. The molecule has 0 aliphatic heterocycles. The van der Waals surface area contributed by atoms with Gasteiger partial charge in [0.15, 0.2) is 5.84 Å². The average molecular weight is 321 g/mol. The molecule has 2 rings (SSSR count). The Bertz CT molecular complexity index is 611. The smallest absolute Gasteiger partial charge is 0.173 e. The van der Waals surface area contributed by atoms with Gasteiger partial charge in [0, 0.05) is 24.2 Å². The van der Waals surface area contributed by atoms with E-state index in [1.807, 2.05) is 25.2 Å². The first-order valence-electron chi connectivity index (χ1n) is 6.63. The fourth-order valence-electron chi connectivity index (χ4n) is 2.16. The highest BCUT2D eigenvalue weighted by Gasteiger charge is 2.16. The van der Waals surface area contributed by atoms with Crippen LogP contribution in [0, 0.1) is 0 Å². The van der Waals surface area contributed by atoms with Crippen LogP contribution >= 0.6 is 23.1 Å². The van der Waals surface area contributed by atoms with Gasteiger partial charge in [-0.3, -0.25) is 0 Å². The molecule has 0 spiro atoms. The number of amidine groups is 1. The summed E-state index contributed by atoms with van der Waals surface area (Å²) in [7, 11) is 2.02. The number of nitrogens with two attached hydrogens (primary N) is 1. The van der Waals surface area contributed by atoms with Gasteiger partial charge in [-0.25, -0.2) is 0 Å². The van der Waals surface area contributed by atoms with E-state index >= 15 is 0 Å². The van der Waals surface area contributed by atoms with Gasteiger partial charge in [-0.05, 0) is 40.3 Å². The third-order valence-corrected chi connectivity index (χ3v) is 4.75. The molecular formula is C15H19N3OS2. The molecular weight excluding hydrogens is 302 g/mol. The lowest BCUT2D eigenvalue weighted by molar-refractivity contribution is 0.318. The fourth-order valence-corrected chi connectivity index (χ4v) is 3.66. The summed E-state index contributed by atoms with van der Waals surface area (Å²) in [6, 6.07) is 8.11. The molecule has 0 fully saturated rings. The summed E-state index contributed by atoms with van der Waals surface area (Å²) in [5.74, 6) is 1.09. The van der Waals surface area contributed by atoms with E-state index in [0.717, 1.165) is 28.4 Å². The maximum Gasteiger partial charge on any atom is 0.173 e. The molecule has 0 bridgehead atoms. The number of anilines is 1. The molecule has 0 amide bonds. The minimum Gasteiger partial charge on any atom is -0.409 e. The van der Waals surface area contributed by atoms with Gasteiger partial charge in [0.2, 0.25) is 0 Å². The van der Waals surface area contributed by atoms with Gasteiger partial charge < -0.3 is 15.8 Å². The average Bonchev–Trinajstić information content (AvgIpc) is 2.99. The molecule has 0 radical (unpaired) electrons. The van der Waals surface area contributed by atoms with Gasteiger partial charge in [-0.2, -0.15) is 11.3 Å². The van der Waals surface area contributed by atoms with Crippen LogP contribution in [-0.2, 0) is 6.54 Å². The normalized spacial score (nSPS) is 11.6. The van der Waals surface area contributed by atoms with Gasteiger partial charge in [-0.1, -0.05) is 18.1 Å². The summed E-state index contributed by atoms with van der Waals surface area (Å²) in [4.78, 5) is 3.15. The van der Waals surface area contributed by atoms with Gasteiger partial charge in [0.05, 0.1) is 5.56 Å². The van der Waals surface area contributed by atoms with Crippen molar-refractivity contribution in [3.8, 4) is 0 Å². The molecule has 0 atom stereocenters. The Morgan fingerprint density at radius 3 is 2.86 bits per heavy atom. The van der Waals surface area contributed by atoms with E-state index in [2.05, 4.69) is 33.8 Å². The standard InChI is InChI=1S/C15H19N3OS2/c1-3-21-13-6-4-5-12(14(13)15(16)17-19)18(2)9-11-7-8-20-10-11/h4-8,10,19H,3,9H2,1-2H3,(H2,16,17). The Hall–Kier alpha value is -1.66. The number of hydrogen-bond acceptors (Lipinski definition) is 5. The number of benzene rings is 1. The number of thioether (sulfide) groups is 1. The van der Waals surface area contributed by atoms with Crippen molar-refractivity contribution in [3.63, 3.8) is 0 Å². The summed E-state index contributed by atoms with van der Waals surface area (Å²) in [6.45, 7) is 2.87. The lowest BCUT2D eigenvalue weighted by Crippen LogP contribution is -2.23. The fraction of sp³-hybridized carbons (Fsp3) is 0.267. The van der Waals surface area contributed by atoms with Crippen molar-refractivity contribution >= 4 is 34.6 Å². The third-order valence-electron chi connectivity index (χ3n) is 3.08. The molecule has 0 saturated carbocycles. The van der Waals surface area contributed by atoms with Gasteiger partial charge in [0.1, 0.15) is 0 Å². The van der Waals surface area contributed by atoms with Crippen molar-refractivity contribution < 1.29 is 5.21 Å². The van der Waals surface area contributed by atoms with E-state index in [-0.39, 0.29) is 5.84 Å². The second kappa shape index (κ2) is 7.38. The van der Waals surface area contributed by atoms with E-state index in [0.29, 0.717) is 0 Å². The number of nitrogens with zero attached hydrogens (tertiary/aromatic N) is 2. The highest BCUT2D eigenvalue weighted by atomic mass is 32.2. The van der Waals surface area contributed by atoms with Crippen LogP contribution in [0.25, 0.3) is 0 Å². The van der Waals surface area contributed by atoms with Crippen LogP contribution in [-0.4, -0.2) is 23.8 Å². The van der Waals surface area contributed by atoms with Gasteiger partial charge >= 0.3 is 0 Å². The zero-order valence-corrected chi connectivity index (χ0v) is 13.7. The van der Waals surface area contributed by atoms with Crippen LogP contribution in [0.2, 0.25) is 0 Å². The molecule has 0 saturated heterocycles. The minimum absolute atomic E-state index is 0.152. The monoisotopic (exact) mass is 321 g/mol. The second-order valence-corrected chi connectivity index (χ2v) is 6.64. The van der Waals surface area contributed by atoms with Gasteiger partial charge in [0.25, 0.3) is 0 Å². The first-order chi connectivity index (χ1) is 10.2. The Morgan fingerprint density at radius 1 is 1.43 bits per heavy atom. The molecule has 0 aliphatic rings. The Morgan fingerprint density at radius 2 is 2.24 bits per heavy atom. The van der Waals surface area contributed by atoms with Crippen molar-refractivity contribution in [2.45, 2.75) is 18.4 Å². The Kier molecular flexibility index (Phi) is 5.52. The second-order valence-electron chi connectivity index (χ2n) is 4.56. The highest BCUT2D eigenvalue weighted by Crippen LogP contribution is 2.31. The number of rotatable bonds is 6. The van der Waals surface area contributed by atoms with Crippen molar-refractivity contribution in [1.82, 2.24) is 0 Å². The topological polar surface area (TPSA) is 61.8 Å². The first-order valence-corrected chi connectivity index (χ1v) is 8.56. The van der Waals surface area contributed by atoms with Crippen molar-refractivity contribution in [1.29, 1.82) is 0 Å². The molecule has 21 heavy (non-hydrogen) atoms. The highest BCUT2D eigenvalue weighted by molar-refractivity contribution is 7.99. The summed E-state index contributed by atoms with van der Waals surface area (Å²) in [5, 5.41) is 16.5. The first kappa shape index (κ1) is 15.7. The molecule has 0 unspecified atom stereocenters. The SMILES string of the molecule is CCSc1cccc(N(C)Cc2ccsc2)c1/C(N)=N/O. The van der Waals surface area contributed by atoms with Crippen LogP contribution in [0.15, 0.2) is 45.1 Å². The summed E-state index contributed by atoms with van der Waals surface area (Å²) < 4.78 is 0. The van der Waals surface area contributed by atoms with Crippen LogP contribution in [0.3, 0.4) is 0 Å². The predicted molar refractivity (Wildman–Crippen MR) is 91.8 cm³/mol. The van der Waals surface area contributed by atoms with Crippen molar-refractivity contribution in [3.05, 3.63) is 46.2 Å². The predicted octanol–water partition coefficient (Wildman–Crippen LogP) is 3.59. The van der Waals surface area contributed by atoms with E-state index < -0.39 is 0 Å². The number of oxime groups is 1. The quantitative estimate of drug-likeness (QED) is 0.281. The largest absolute Gasteiger partial charge is 0.409 e. The summed E-state index contributed by atoms with van der Waals surface area (Å²) >= 11 is 3.37. The van der Waals surface area contributed by atoms with Crippen LogP contribution in [0.5, 0.6) is 0 Å². The summed E-state index contributed by atoms with van der Waals surface area (Å²) in [5.41, 5.74) is 8.91. The lowest BCUT2D eigenvalue weighted by atomic mass is 10.1. The summed E-state index contributed by atoms with van der Waals surface area (Å²) in [6.07, 6.45) is 0. The van der Waals surface area contributed by atoms with E-state index in [9.17, 15) is 0 Å². The number of hydrogen-bond donors (Lipinski definition) is 2.